The zero-order valence-corrected chi connectivity index (χ0v) is 10.9. The highest BCUT2D eigenvalue weighted by Crippen LogP contribution is 2.32. The summed E-state index contributed by atoms with van der Waals surface area (Å²) in [5.74, 6) is 0.974. The number of nitrogens with zero attached hydrogens (tertiary/aromatic N) is 1. The van der Waals surface area contributed by atoms with Gasteiger partial charge < -0.3 is 5.11 Å². The molecule has 1 atom stereocenters. The van der Waals surface area contributed by atoms with E-state index in [2.05, 4.69) is 11.8 Å². The number of hydrogen-bond acceptors (Lipinski definition) is 2. The van der Waals surface area contributed by atoms with Crippen LogP contribution in [0.2, 0.25) is 0 Å². The highest BCUT2D eigenvalue weighted by Gasteiger charge is 2.33. The van der Waals surface area contributed by atoms with Gasteiger partial charge in [-0.3, -0.25) is 4.90 Å². The van der Waals surface area contributed by atoms with Gasteiger partial charge in [-0.1, -0.05) is 13.3 Å². The number of likely N-dealkylation sites (tertiary alicyclic amines) is 1. The average molecular weight is 225 g/mol. The lowest BCUT2D eigenvalue weighted by Gasteiger charge is -2.43. The van der Waals surface area contributed by atoms with Crippen molar-refractivity contribution < 1.29 is 5.11 Å². The van der Waals surface area contributed by atoms with Gasteiger partial charge in [0.15, 0.2) is 0 Å². The third kappa shape index (κ3) is 2.98. The molecule has 0 amide bonds. The van der Waals surface area contributed by atoms with Crippen molar-refractivity contribution in [1.29, 1.82) is 0 Å². The van der Waals surface area contributed by atoms with Crippen molar-refractivity contribution >= 4 is 0 Å². The van der Waals surface area contributed by atoms with Crippen molar-refractivity contribution in [1.82, 2.24) is 4.90 Å². The number of hydrogen-bond donors (Lipinski definition) is 1. The van der Waals surface area contributed by atoms with Gasteiger partial charge in [0.2, 0.25) is 0 Å². The molecule has 94 valence electrons. The summed E-state index contributed by atoms with van der Waals surface area (Å²) in [5, 5.41) is 10.1. The van der Waals surface area contributed by atoms with Crippen LogP contribution < -0.4 is 0 Å². The third-order valence-electron chi connectivity index (χ3n) is 4.61. The van der Waals surface area contributed by atoms with E-state index in [1.165, 1.54) is 45.1 Å². The topological polar surface area (TPSA) is 23.5 Å². The fourth-order valence-corrected chi connectivity index (χ4v) is 3.49. The molecule has 2 rings (SSSR count). The van der Waals surface area contributed by atoms with Crippen molar-refractivity contribution in [3.63, 3.8) is 0 Å². The molecule has 0 radical (unpaired) electrons. The Bertz CT molecular complexity index is 219. The molecule has 1 saturated carbocycles. The van der Waals surface area contributed by atoms with E-state index in [1.54, 1.807) is 0 Å². The van der Waals surface area contributed by atoms with E-state index in [0.29, 0.717) is 0 Å². The Morgan fingerprint density at radius 2 is 1.94 bits per heavy atom. The normalized spacial score (nSPS) is 42.2. The molecule has 2 nitrogen and oxygen atoms in total. The first-order valence-electron chi connectivity index (χ1n) is 7.07. The largest absolute Gasteiger partial charge is 0.389 e. The maximum atomic E-state index is 10.1. The zero-order chi connectivity index (χ0) is 11.6. The summed E-state index contributed by atoms with van der Waals surface area (Å²) in [7, 11) is 0. The minimum Gasteiger partial charge on any atom is -0.389 e. The van der Waals surface area contributed by atoms with E-state index in [4.69, 9.17) is 0 Å². The lowest BCUT2D eigenvalue weighted by Crippen LogP contribution is -2.51. The minimum atomic E-state index is -0.431. The first kappa shape index (κ1) is 12.4. The van der Waals surface area contributed by atoms with Gasteiger partial charge in [0.05, 0.1) is 5.60 Å². The number of rotatable bonds is 2. The molecule has 0 aromatic heterocycles. The van der Waals surface area contributed by atoms with Crippen LogP contribution in [-0.2, 0) is 0 Å². The molecule has 2 fully saturated rings. The number of aliphatic hydroxyl groups is 1. The van der Waals surface area contributed by atoms with Crippen molar-refractivity contribution in [2.45, 2.75) is 70.4 Å². The molecule has 0 bridgehead atoms. The predicted octanol–water partition coefficient (Wildman–Crippen LogP) is 2.80. The van der Waals surface area contributed by atoms with E-state index in [9.17, 15) is 5.11 Å². The number of β-amino-alcohol motifs (C(OH)–C–C–N with tert-alkyl or cyclic N) is 1. The van der Waals surface area contributed by atoms with Crippen LogP contribution in [0, 0.1) is 5.92 Å². The van der Waals surface area contributed by atoms with E-state index in [0.717, 1.165) is 24.9 Å². The van der Waals surface area contributed by atoms with Crippen LogP contribution in [0.5, 0.6) is 0 Å². The Hall–Kier alpha value is -0.0800. The summed E-state index contributed by atoms with van der Waals surface area (Å²) in [4.78, 5) is 2.55. The summed E-state index contributed by atoms with van der Waals surface area (Å²) in [6.45, 7) is 6.42. The number of piperidine rings is 1. The molecule has 0 aromatic rings. The molecule has 1 aliphatic heterocycles. The summed E-state index contributed by atoms with van der Waals surface area (Å²) in [5.41, 5.74) is -0.431. The van der Waals surface area contributed by atoms with Gasteiger partial charge in [-0.2, -0.15) is 0 Å². The summed E-state index contributed by atoms with van der Waals surface area (Å²) >= 11 is 0. The molecule has 1 unspecified atom stereocenters. The Balaban J connectivity index is 1.84. The zero-order valence-electron chi connectivity index (χ0n) is 10.9. The van der Waals surface area contributed by atoms with Crippen LogP contribution in [0.1, 0.15) is 58.8 Å². The standard InChI is InChI=1S/C14H27NO/c1-3-12-5-7-13(8-6-12)15-10-4-9-14(2,16)11-15/h12-13,16H,3-11H2,1-2H3. The van der Waals surface area contributed by atoms with Crippen molar-refractivity contribution in [3.05, 3.63) is 0 Å². The second-order valence-corrected chi connectivity index (χ2v) is 6.15. The molecule has 2 heteroatoms. The second kappa shape index (κ2) is 5.05. The van der Waals surface area contributed by atoms with E-state index in [-0.39, 0.29) is 0 Å². The Morgan fingerprint density at radius 3 is 2.50 bits per heavy atom. The van der Waals surface area contributed by atoms with Crippen LogP contribution >= 0.6 is 0 Å². The van der Waals surface area contributed by atoms with Crippen LogP contribution in [0.25, 0.3) is 0 Å². The van der Waals surface area contributed by atoms with Crippen LogP contribution in [0.15, 0.2) is 0 Å². The molecule has 1 heterocycles. The molecule has 1 aliphatic carbocycles. The predicted molar refractivity (Wildman–Crippen MR) is 67.5 cm³/mol. The second-order valence-electron chi connectivity index (χ2n) is 6.15. The minimum absolute atomic E-state index is 0.431. The Kier molecular flexibility index (Phi) is 3.91. The van der Waals surface area contributed by atoms with Crippen molar-refractivity contribution in [2.75, 3.05) is 13.1 Å². The van der Waals surface area contributed by atoms with Crippen molar-refractivity contribution in [2.24, 2.45) is 5.92 Å². The van der Waals surface area contributed by atoms with Gasteiger partial charge in [-0.15, -0.1) is 0 Å². The Labute approximate surface area is 100 Å². The van der Waals surface area contributed by atoms with Gasteiger partial charge in [0.25, 0.3) is 0 Å². The maximum absolute atomic E-state index is 10.1. The highest BCUT2D eigenvalue weighted by molar-refractivity contribution is 4.88. The third-order valence-corrected chi connectivity index (χ3v) is 4.61. The monoisotopic (exact) mass is 225 g/mol. The van der Waals surface area contributed by atoms with E-state index < -0.39 is 5.60 Å². The summed E-state index contributed by atoms with van der Waals surface area (Å²) in [6.07, 6.45) is 9.02. The van der Waals surface area contributed by atoms with Crippen LogP contribution in [0.4, 0.5) is 0 Å². The highest BCUT2D eigenvalue weighted by atomic mass is 16.3. The fourth-order valence-electron chi connectivity index (χ4n) is 3.49. The van der Waals surface area contributed by atoms with Crippen molar-refractivity contribution in [3.8, 4) is 0 Å². The first-order chi connectivity index (χ1) is 7.61. The molecule has 16 heavy (non-hydrogen) atoms. The molecular weight excluding hydrogens is 198 g/mol. The lowest BCUT2D eigenvalue weighted by atomic mass is 9.82. The maximum Gasteiger partial charge on any atom is 0.0746 e. The first-order valence-corrected chi connectivity index (χ1v) is 7.07. The molecule has 1 N–H and O–H groups in total. The molecular formula is C14H27NO. The van der Waals surface area contributed by atoms with E-state index >= 15 is 0 Å². The van der Waals surface area contributed by atoms with Gasteiger partial charge in [0.1, 0.15) is 0 Å². The average Bonchev–Trinajstić information content (AvgIpc) is 2.28. The van der Waals surface area contributed by atoms with Crippen LogP contribution in [-0.4, -0.2) is 34.7 Å². The van der Waals surface area contributed by atoms with Gasteiger partial charge in [-0.05, 0) is 57.9 Å². The smallest absolute Gasteiger partial charge is 0.0746 e. The summed E-state index contributed by atoms with van der Waals surface area (Å²) < 4.78 is 0. The quantitative estimate of drug-likeness (QED) is 0.781. The fraction of sp³-hybridized carbons (Fsp3) is 1.00. The van der Waals surface area contributed by atoms with Crippen LogP contribution in [0.3, 0.4) is 0 Å². The molecule has 0 aromatic carbocycles. The Morgan fingerprint density at radius 1 is 1.25 bits per heavy atom. The molecule has 2 aliphatic rings. The van der Waals surface area contributed by atoms with Gasteiger partial charge in [-0.25, -0.2) is 0 Å². The van der Waals surface area contributed by atoms with Gasteiger partial charge >= 0.3 is 0 Å². The molecule has 0 spiro atoms. The van der Waals surface area contributed by atoms with Gasteiger partial charge in [0, 0.05) is 12.6 Å². The SMILES string of the molecule is CCC1CCC(N2CCCC(C)(O)C2)CC1. The van der Waals surface area contributed by atoms with E-state index in [1.807, 2.05) is 6.92 Å². The lowest BCUT2D eigenvalue weighted by molar-refractivity contribution is -0.0370. The summed E-state index contributed by atoms with van der Waals surface area (Å²) in [6, 6.07) is 0.759. The molecule has 1 saturated heterocycles.